The van der Waals surface area contributed by atoms with Gasteiger partial charge in [0, 0.05) is 6.42 Å². The first kappa shape index (κ1) is 10.8. The van der Waals surface area contributed by atoms with Crippen molar-refractivity contribution in [2.24, 2.45) is 0 Å². The monoisotopic (exact) mass is 171 g/mol. The van der Waals surface area contributed by atoms with E-state index in [9.17, 15) is 9.59 Å². The maximum atomic E-state index is 10.9. The molecule has 0 bridgehead atoms. The van der Waals surface area contributed by atoms with E-state index in [1.807, 2.05) is 6.92 Å². The molecule has 0 spiro atoms. The quantitative estimate of drug-likeness (QED) is 0.380. The molecule has 0 saturated heterocycles. The molecule has 0 aromatic carbocycles. The molecule has 0 aliphatic rings. The molecule has 1 N–H and O–H groups in total. The Labute approximate surface area is 71.4 Å². The van der Waals surface area contributed by atoms with Gasteiger partial charge >= 0.3 is 5.97 Å². The largest absolute Gasteiger partial charge is 0.461 e. The Morgan fingerprint density at radius 3 is 2.33 bits per heavy atom. The number of Topliss-reactive ketones (excluding diaryl/α,β-unsaturated/α-hetero) is 1. The predicted octanol–water partition coefficient (Wildman–Crippen LogP) is 0.938. The van der Waals surface area contributed by atoms with Gasteiger partial charge in [-0.25, -0.2) is 4.79 Å². The van der Waals surface area contributed by atoms with Crippen molar-refractivity contribution in [1.29, 1.82) is 5.41 Å². The van der Waals surface area contributed by atoms with E-state index >= 15 is 0 Å². The fourth-order valence-corrected chi connectivity index (χ4v) is 0.669. The smallest absolute Gasteiger partial charge is 0.359 e. The van der Waals surface area contributed by atoms with Crippen LogP contribution < -0.4 is 0 Å². The highest BCUT2D eigenvalue weighted by Gasteiger charge is 2.17. The van der Waals surface area contributed by atoms with Gasteiger partial charge in [0.15, 0.2) is 11.5 Å². The van der Waals surface area contributed by atoms with Crippen LogP contribution in [0.2, 0.25) is 0 Å². The minimum Gasteiger partial charge on any atom is -0.461 e. The zero-order valence-corrected chi connectivity index (χ0v) is 7.35. The van der Waals surface area contributed by atoms with Gasteiger partial charge in [0.2, 0.25) is 0 Å². The molecule has 0 atom stereocenters. The first-order chi connectivity index (χ1) is 5.63. The second kappa shape index (κ2) is 5.46. The van der Waals surface area contributed by atoms with E-state index < -0.39 is 17.5 Å². The van der Waals surface area contributed by atoms with Crippen molar-refractivity contribution in [3.05, 3.63) is 0 Å². The average Bonchev–Trinajstić information content (AvgIpc) is 2.04. The maximum absolute atomic E-state index is 10.9. The highest BCUT2D eigenvalue weighted by molar-refractivity contribution is 6.63. The van der Waals surface area contributed by atoms with Gasteiger partial charge in [0.25, 0.3) is 0 Å². The van der Waals surface area contributed by atoms with Crippen molar-refractivity contribution in [1.82, 2.24) is 0 Å². The van der Waals surface area contributed by atoms with Crippen LogP contribution in [0.4, 0.5) is 0 Å². The summed E-state index contributed by atoms with van der Waals surface area (Å²) >= 11 is 0. The SMILES string of the molecule is CCCC(=O)C(=N)C(=O)OCC. The van der Waals surface area contributed by atoms with E-state index in [-0.39, 0.29) is 13.0 Å². The summed E-state index contributed by atoms with van der Waals surface area (Å²) < 4.78 is 4.49. The van der Waals surface area contributed by atoms with Crippen molar-refractivity contribution < 1.29 is 14.3 Å². The summed E-state index contributed by atoms with van der Waals surface area (Å²) in [6.45, 7) is 3.65. The Hall–Kier alpha value is -1.19. The molecule has 0 aliphatic carbocycles. The predicted molar refractivity (Wildman–Crippen MR) is 44.3 cm³/mol. The lowest BCUT2D eigenvalue weighted by atomic mass is 10.1. The Morgan fingerprint density at radius 2 is 1.92 bits per heavy atom. The summed E-state index contributed by atoms with van der Waals surface area (Å²) in [6, 6.07) is 0. The topological polar surface area (TPSA) is 67.2 Å². The second-order valence-electron chi connectivity index (χ2n) is 2.27. The van der Waals surface area contributed by atoms with E-state index in [0.29, 0.717) is 6.42 Å². The van der Waals surface area contributed by atoms with E-state index in [4.69, 9.17) is 5.41 Å². The van der Waals surface area contributed by atoms with Crippen LogP contribution >= 0.6 is 0 Å². The number of carbonyl (C=O) groups is 2. The summed E-state index contributed by atoms with van der Waals surface area (Å²) in [7, 11) is 0. The molecule has 0 unspecified atom stereocenters. The molecule has 0 aliphatic heterocycles. The van der Waals surface area contributed by atoms with E-state index in [0.717, 1.165) is 0 Å². The van der Waals surface area contributed by atoms with Crippen LogP contribution in [-0.2, 0) is 14.3 Å². The normalized spacial score (nSPS) is 9.17. The van der Waals surface area contributed by atoms with Gasteiger partial charge < -0.3 is 4.74 Å². The van der Waals surface area contributed by atoms with Crippen LogP contribution in [0.5, 0.6) is 0 Å². The van der Waals surface area contributed by atoms with Crippen molar-refractivity contribution in [2.75, 3.05) is 6.61 Å². The van der Waals surface area contributed by atoms with Crippen molar-refractivity contribution >= 4 is 17.5 Å². The van der Waals surface area contributed by atoms with Gasteiger partial charge in [0.1, 0.15) is 0 Å². The highest BCUT2D eigenvalue weighted by Crippen LogP contribution is 1.93. The Morgan fingerprint density at radius 1 is 1.33 bits per heavy atom. The standard InChI is InChI=1S/C8H13NO3/c1-3-5-6(10)7(9)8(11)12-4-2/h9H,3-5H2,1-2H3. The van der Waals surface area contributed by atoms with Crippen molar-refractivity contribution in [3.8, 4) is 0 Å². The second-order valence-corrected chi connectivity index (χ2v) is 2.27. The molecule has 0 heterocycles. The first-order valence-corrected chi connectivity index (χ1v) is 3.92. The Bertz CT molecular complexity index is 178. The van der Waals surface area contributed by atoms with Crippen LogP contribution in [0.1, 0.15) is 26.7 Å². The summed E-state index contributed by atoms with van der Waals surface area (Å²) in [5.74, 6) is -1.27. The first-order valence-electron chi connectivity index (χ1n) is 3.92. The third kappa shape index (κ3) is 3.27. The molecule has 4 nitrogen and oxygen atoms in total. The van der Waals surface area contributed by atoms with Crippen molar-refractivity contribution in [3.63, 3.8) is 0 Å². The Balaban J connectivity index is 4.01. The van der Waals surface area contributed by atoms with Crippen LogP contribution in [0, 0.1) is 5.41 Å². The number of ether oxygens (including phenoxy) is 1. The number of ketones is 1. The number of hydrogen-bond donors (Lipinski definition) is 1. The molecule has 0 aromatic heterocycles. The van der Waals surface area contributed by atoms with Gasteiger partial charge in [-0.05, 0) is 13.3 Å². The molecule has 0 saturated carbocycles. The number of nitrogens with one attached hydrogen (secondary N) is 1. The third-order valence-corrected chi connectivity index (χ3v) is 1.24. The molecule has 12 heavy (non-hydrogen) atoms. The lowest BCUT2D eigenvalue weighted by Gasteiger charge is -2.00. The van der Waals surface area contributed by atoms with Gasteiger partial charge in [-0.3, -0.25) is 10.2 Å². The minimum atomic E-state index is -0.823. The summed E-state index contributed by atoms with van der Waals surface area (Å²) in [5.41, 5.74) is -0.543. The van der Waals surface area contributed by atoms with Gasteiger partial charge in [0.05, 0.1) is 6.61 Å². The molecule has 0 aromatic rings. The van der Waals surface area contributed by atoms with E-state index in [1.54, 1.807) is 6.92 Å². The summed E-state index contributed by atoms with van der Waals surface area (Å²) in [6.07, 6.45) is 0.873. The average molecular weight is 171 g/mol. The lowest BCUT2D eigenvalue weighted by Crippen LogP contribution is -2.24. The summed E-state index contributed by atoms with van der Waals surface area (Å²) in [4.78, 5) is 21.7. The fraction of sp³-hybridized carbons (Fsp3) is 0.625. The molecule has 0 fully saturated rings. The van der Waals surface area contributed by atoms with Gasteiger partial charge in [-0.1, -0.05) is 6.92 Å². The highest BCUT2D eigenvalue weighted by atomic mass is 16.5. The molecular weight excluding hydrogens is 158 g/mol. The fourth-order valence-electron chi connectivity index (χ4n) is 0.669. The van der Waals surface area contributed by atoms with Crippen LogP contribution in [0.3, 0.4) is 0 Å². The molecule has 0 amide bonds. The zero-order valence-electron chi connectivity index (χ0n) is 7.35. The molecule has 0 rings (SSSR count). The van der Waals surface area contributed by atoms with Crippen LogP contribution in [0.15, 0.2) is 0 Å². The van der Waals surface area contributed by atoms with Gasteiger partial charge in [-0.15, -0.1) is 0 Å². The van der Waals surface area contributed by atoms with Crippen molar-refractivity contribution in [2.45, 2.75) is 26.7 Å². The van der Waals surface area contributed by atoms with Crippen LogP contribution in [-0.4, -0.2) is 24.1 Å². The zero-order chi connectivity index (χ0) is 9.56. The number of esters is 1. The molecule has 68 valence electrons. The third-order valence-electron chi connectivity index (χ3n) is 1.24. The van der Waals surface area contributed by atoms with E-state index in [2.05, 4.69) is 4.74 Å². The molecule has 4 heteroatoms. The number of hydrogen-bond acceptors (Lipinski definition) is 4. The lowest BCUT2D eigenvalue weighted by molar-refractivity contribution is -0.135. The van der Waals surface area contributed by atoms with Gasteiger partial charge in [-0.2, -0.15) is 0 Å². The van der Waals surface area contributed by atoms with Crippen LogP contribution in [0.25, 0.3) is 0 Å². The molecule has 0 radical (unpaired) electrons. The number of carbonyl (C=O) groups excluding carboxylic acids is 2. The minimum absolute atomic E-state index is 0.195. The summed E-state index contributed by atoms with van der Waals surface area (Å²) in [5, 5.41) is 7.08. The number of rotatable bonds is 5. The Kier molecular flexibility index (Phi) is 4.92. The maximum Gasteiger partial charge on any atom is 0.359 e. The molecular formula is C8H13NO3. The van der Waals surface area contributed by atoms with E-state index in [1.165, 1.54) is 0 Å².